The number of ether oxygens (including phenoxy) is 2. The molecule has 154 valence electrons. The minimum atomic E-state index is -0.652. The van der Waals surface area contributed by atoms with Crippen molar-refractivity contribution in [1.29, 1.82) is 0 Å². The largest absolute Gasteiger partial charge is 0.497 e. The smallest absolute Gasteiger partial charge is 0.232 e. The SMILES string of the molecule is COc1cccc(CC2(C(=O)N3CCOCC3)CN(c3ncc(F)c(N)n3)C2)c1. The quantitative estimate of drug-likeness (QED) is 0.802. The van der Waals surface area contributed by atoms with Crippen LogP contribution in [0, 0.1) is 11.2 Å². The molecule has 1 amide bonds. The maximum absolute atomic E-state index is 13.4. The lowest BCUT2D eigenvalue weighted by atomic mass is 9.73. The van der Waals surface area contributed by atoms with Crippen LogP contribution in [0.1, 0.15) is 5.56 Å². The van der Waals surface area contributed by atoms with Crippen LogP contribution in [-0.4, -0.2) is 67.3 Å². The first-order valence-electron chi connectivity index (χ1n) is 9.54. The highest BCUT2D eigenvalue weighted by molar-refractivity contribution is 5.86. The molecule has 2 N–H and O–H groups in total. The van der Waals surface area contributed by atoms with E-state index in [1.807, 2.05) is 34.1 Å². The van der Waals surface area contributed by atoms with E-state index in [1.54, 1.807) is 7.11 Å². The summed E-state index contributed by atoms with van der Waals surface area (Å²) >= 11 is 0. The summed E-state index contributed by atoms with van der Waals surface area (Å²) < 4.78 is 24.1. The third kappa shape index (κ3) is 3.82. The molecule has 2 aliphatic rings. The molecule has 2 aliphatic heterocycles. The van der Waals surface area contributed by atoms with Crippen LogP contribution in [0.2, 0.25) is 0 Å². The number of aromatic nitrogens is 2. The molecule has 1 aromatic carbocycles. The Morgan fingerprint density at radius 3 is 2.79 bits per heavy atom. The summed E-state index contributed by atoms with van der Waals surface area (Å²) in [6.45, 7) is 3.12. The molecule has 0 bridgehead atoms. The van der Waals surface area contributed by atoms with E-state index in [2.05, 4.69) is 9.97 Å². The molecule has 1 aromatic heterocycles. The number of rotatable bonds is 5. The lowest BCUT2D eigenvalue weighted by Crippen LogP contribution is -2.66. The first-order valence-corrected chi connectivity index (χ1v) is 9.54. The Hall–Kier alpha value is -2.94. The second kappa shape index (κ2) is 7.82. The number of amides is 1. The Bertz CT molecular complexity index is 897. The van der Waals surface area contributed by atoms with E-state index in [1.165, 1.54) is 0 Å². The Kier molecular flexibility index (Phi) is 5.23. The Morgan fingerprint density at radius 1 is 1.34 bits per heavy atom. The second-order valence-corrected chi connectivity index (χ2v) is 7.47. The van der Waals surface area contributed by atoms with Gasteiger partial charge in [0.2, 0.25) is 11.9 Å². The molecular formula is C20H24FN5O3. The third-order valence-corrected chi connectivity index (χ3v) is 5.46. The molecule has 3 heterocycles. The summed E-state index contributed by atoms with van der Waals surface area (Å²) in [6.07, 6.45) is 1.62. The van der Waals surface area contributed by atoms with Gasteiger partial charge in [0, 0.05) is 26.2 Å². The van der Waals surface area contributed by atoms with Gasteiger partial charge >= 0.3 is 0 Å². The first kappa shape index (κ1) is 19.4. The van der Waals surface area contributed by atoms with Crippen molar-refractivity contribution in [3.63, 3.8) is 0 Å². The molecule has 0 atom stereocenters. The number of halogens is 1. The Balaban J connectivity index is 1.58. The number of methoxy groups -OCH3 is 1. The summed E-state index contributed by atoms with van der Waals surface area (Å²) in [4.78, 5) is 25.2. The standard InChI is InChI=1S/C20H24FN5O3/c1-28-15-4-2-3-14(9-15)10-20(18(27)25-5-7-29-8-6-25)12-26(13-20)19-23-11-16(21)17(22)24-19/h2-4,9,11H,5-8,10,12-13H2,1H3,(H2,22,23,24). The fourth-order valence-corrected chi connectivity index (χ4v) is 3.95. The van der Waals surface area contributed by atoms with Gasteiger partial charge in [0.25, 0.3) is 0 Å². The van der Waals surface area contributed by atoms with E-state index in [9.17, 15) is 9.18 Å². The van der Waals surface area contributed by atoms with Crippen LogP contribution in [0.3, 0.4) is 0 Å². The highest BCUT2D eigenvalue weighted by Gasteiger charge is 2.52. The van der Waals surface area contributed by atoms with Crippen molar-refractivity contribution >= 4 is 17.7 Å². The number of hydrogen-bond acceptors (Lipinski definition) is 7. The van der Waals surface area contributed by atoms with Crippen LogP contribution < -0.4 is 15.4 Å². The summed E-state index contributed by atoms with van der Waals surface area (Å²) in [7, 11) is 1.62. The van der Waals surface area contributed by atoms with Gasteiger partial charge in [-0.3, -0.25) is 4.79 Å². The number of anilines is 2. The fraction of sp³-hybridized carbons (Fsp3) is 0.450. The molecular weight excluding hydrogens is 377 g/mol. The van der Waals surface area contributed by atoms with E-state index in [0.29, 0.717) is 51.8 Å². The lowest BCUT2D eigenvalue weighted by molar-refractivity contribution is -0.148. The highest BCUT2D eigenvalue weighted by Crippen LogP contribution is 2.39. The molecule has 0 aliphatic carbocycles. The zero-order chi connectivity index (χ0) is 20.4. The average molecular weight is 401 g/mol. The van der Waals surface area contributed by atoms with E-state index < -0.39 is 11.2 Å². The molecule has 9 heteroatoms. The van der Waals surface area contributed by atoms with E-state index in [0.717, 1.165) is 17.5 Å². The molecule has 4 rings (SSSR count). The maximum atomic E-state index is 13.4. The summed E-state index contributed by atoms with van der Waals surface area (Å²) in [5.41, 5.74) is 5.99. The summed E-state index contributed by atoms with van der Waals surface area (Å²) in [6, 6.07) is 7.73. The van der Waals surface area contributed by atoms with Crippen LogP contribution in [-0.2, 0) is 16.0 Å². The van der Waals surface area contributed by atoms with Crippen molar-refractivity contribution in [2.75, 3.05) is 57.1 Å². The second-order valence-electron chi connectivity index (χ2n) is 7.47. The van der Waals surface area contributed by atoms with E-state index in [-0.39, 0.29) is 11.7 Å². The molecule has 2 fully saturated rings. The highest BCUT2D eigenvalue weighted by atomic mass is 19.1. The molecule has 0 radical (unpaired) electrons. The van der Waals surface area contributed by atoms with Gasteiger partial charge in [0.05, 0.1) is 31.9 Å². The predicted octanol–water partition coefficient (Wildman–Crippen LogP) is 1.11. The molecule has 0 unspecified atom stereocenters. The van der Waals surface area contributed by atoms with Gasteiger partial charge in [-0.05, 0) is 24.1 Å². The number of nitrogen functional groups attached to an aromatic ring is 1. The van der Waals surface area contributed by atoms with Crippen LogP contribution >= 0.6 is 0 Å². The van der Waals surface area contributed by atoms with Gasteiger partial charge < -0.3 is 25.0 Å². The number of hydrogen-bond donors (Lipinski definition) is 1. The van der Waals surface area contributed by atoms with E-state index in [4.69, 9.17) is 15.2 Å². The monoisotopic (exact) mass is 401 g/mol. The minimum absolute atomic E-state index is 0.0925. The minimum Gasteiger partial charge on any atom is -0.497 e. The van der Waals surface area contributed by atoms with Gasteiger partial charge in [-0.25, -0.2) is 9.37 Å². The molecule has 29 heavy (non-hydrogen) atoms. The summed E-state index contributed by atoms with van der Waals surface area (Å²) in [5.74, 6) is 0.332. The predicted molar refractivity (Wildman–Crippen MR) is 105 cm³/mol. The van der Waals surface area contributed by atoms with Gasteiger partial charge in [0.15, 0.2) is 11.6 Å². The zero-order valence-corrected chi connectivity index (χ0v) is 16.3. The molecule has 8 nitrogen and oxygen atoms in total. The van der Waals surface area contributed by atoms with Crippen LogP contribution in [0.5, 0.6) is 5.75 Å². The van der Waals surface area contributed by atoms with Crippen LogP contribution in [0.4, 0.5) is 16.2 Å². The molecule has 0 spiro atoms. The average Bonchev–Trinajstić information content (AvgIpc) is 2.73. The summed E-state index contributed by atoms with van der Waals surface area (Å²) in [5, 5.41) is 0. The van der Waals surface area contributed by atoms with Gasteiger partial charge in [-0.15, -0.1) is 0 Å². The Labute approximate surface area is 168 Å². The first-order chi connectivity index (χ1) is 14.0. The van der Waals surface area contributed by atoms with Gasteiger partial charge in [0.1, 0.15) is 5.75 Å². The van der Waals surface area contributed by atoms with Crippen molar-refractivity contribution in [1.82, 2.24) is 14.9 Å². The van der Waals surface area contributed by atoms with Crippen molar-refractivity contribution in [2.24, 2.45) is 5.41 Å². The lowest BCUT2D eigenvalue weighted by Gasteiger charge is -2.51. The van der Waals surface area contributed by atoms with Crippen molar-refractivity contribution in [3.8, 4) is 5.75 Å². The number of benzene rings is 1. The number of carbonyl (C=O) groups is 1. The van der Waals surface area contributed by atoms with Crippen LogP contribution in [0.15, 0.2) is 30.5 Å². The maximum Gasteiger partial charge on any atom is 0.232 e. The van der Waals surface area contributed by atoms with Crippen molar-refractivity contribution in [3.05, 3.63) is 41.8 Å². The fourth-order valence-electron chi connectivity index (χ4n) is 3.95. The van der Waals surface area contributed by atoms with Crippen LogP contribution in [0.25, 0.3) is 0 Å². The molecule has 2 saturated heterocycles. The normalized spacial score (nSPS) is 18.3. The number of nitrogens with zero attached hydrogens (tertiary/aromatic N) is 4. The third-order valence-electron chi connectivity index (χ3n) is 5.46. The number of morpholine rings is 1. The topological polar surface area (TPSA) is 93.8 Å². The van der Waals surface area contributed by atoms with Crippen molar-refractivity contribution < 1.29 is 18.7 Å². The molecule has 2 aromatic rings. The number of carbonyl (C=O) groups excluding carboxylic acids is 1. The zero-order valence-electron chi connectivity index (χ0n) is 16.3. The molecule has 0 saturated carbocycles. The van der Waals surface area contributed by atoms with Crippen molar-refractivity contribution in [2.45, 2.75) is 6.42 Å². The van der Waals surface area contributed by atoms with E-state index >= 15 is 0 Å². The van der Waals surface area contributed by atoms with Gasteiger partial charge in [-0.2, -0.15) is 4.98 Å². The Morgan fingerprint density at radius 2 is 2.10 bits per heavy atom. The number of nitrogens with two attached hydrogens (primary N) is 1. The van der Waals surface area contributed by atoms with Gasteiger partial charge in [-0.1, -0.05) is 12.1 Å².